The Balaban J connectivity index is 2.82. The van der Waals surface area contributed by atoms with E-state index in [9.17, 15) is 4.79 Å². The zero-order valence-electron chi connectivity index (χ0n) is 4.16. The molecule has 0 radical (unpaired) electrons. The van der Waals surface area contributed by atoms with Gasteiger partial charge in [-0.15, -0.1) is 0 Å². The number of carboxylic acid groups (broad SMARTS) is 1. The SMILES string of the molecule is NSSCCC(=O)O. The highest BCUT2D eigenvalue weighted by molar-refractivity contribution is 8.75. The van der Waals surface area contributed by atoms with Gasteiger partial charge >= 0.3 is 5.97 Å². The minimum absolute atomic E-state index is 0.189. The summed E-state index contributed by atoms with van der Waals surface area (Å²) in [6.07, 6.45) is 0.189. The second-order valence-electron chi connectivity index (χ2n) is 1.06. The van der Waals surface area contributed by atoms with Gasteiger partial charge in [0.05, 0.1) is 6.42 Å². The van der Waals surface area contributed by atoms with E-state index in [0.29, 0.717) is 5.75 Å². The number of rotatable bonds is 4. The first-order valence-electron chi connectivity index (χ1n) is 1.97. The molecule has 8 heavy (non-hydrogen) atoms. The van der Waals surface area contributed by atoms with E-state index in [2.05, 4.69) is 0 Å². The van der Waals surface area contributed by atoms with E-state index < -0.39 is 5.97 Å². The van der Waals surface area contributed by atoms with Crippen LogP contribution in [0.3, 0.4) is 0 Å². The van der Waals surface area contributed by atoms with E-state index in [-0.39, 0.29) is 6.42 Å². The van der Waals surface area contributed by atoms with Crippen LogP contribution >= 0.6 is 21.8 Å². The molecule has 0 spiro atoms. The molecule has 0 saturated carbocycles. The summed E-state index contributed by atoms with van der Waals surface area (Å²) < 4.78 is 0. The van der Waals surface area contributed by atoms with Crippen molar-refractivity contribution >= 4 is 27.7 Å². The van der Waals surface area contributed by atoms with Gasteiger partial charge in [-0.2, -0.15) is 0 Å². The van der Waals surface area contributed by atoms with Crippen molar-refractivity contribution in [3.8, 4) is 0 Å². The fraction of sp³-hybridized carbons (Fsp3) is 0.667. The standard InChI is InChI=1S/C3H7NO2S2/c4-8-7-2-1-3(5)6/h1-2,4H2,(H,5,6). The molecular formula is C3H7NO2S2. The Morgan fingerprint density at radius 1 is 1.75 bits per heavy atom. The van der Waals surface area contributed by atoms with E-state index in [0.717, 1.165) is 11.0 Å². The van der Waals surface area contributed by atoms with E-state index in [4.69, 9.17) is 10.2 Å². The normalized spacial score (nSPS) is 9.12. The molecular weight excluding hydrogens is 146 g/mol. The molecule has 0 aliphatic rings. The Hall–Kier alpha value is 0.130. The van der Waals surface area contributed by atoms with Crippen LogP contribution in [-0.2, 0) is 4.79 Å². The van der Waals surface area contributed by atoms with Gasteiger partial charge in [-0.25, -0.2) is 0 Å². The fourth-order valence-electron chi connectivity index (χ4n) is 0.177. The number of nitrogens with two attached hydrogens (primary N) is 1. The van der Waals surface area contributed by atoms with Crippen LogP contribution in [0, 0.1) is 0 Å². The zero-order valence-corrected chi connectivity index (χ0v) is 5.80. The molecule has 48 valence electrons. The predicted molar refractivity (Wildman–Crippen MR) is 36.5 cm³/mol. The third-order valence-electron chi connectivity index (χ3n) is 0.467. The number of hydrogen-bond acceptors (Lipinski definition) is 4. The monoisotopic (exact) mass is 153 g/mol. The Labute approximate surface area is 55.5 Å². The smallest absolute Gasteiger partial charge is 0.304 e. The lowest BCUT2D eigenvalue weighted by molar-refractivity contribution is -0.136. The predicted octanol–water partition coefficient (Wildman–Crippen LogP) is 0.716. The van der Waals surface area contributed by atoms with Crippen molar-refractivity contribution in [1.29, 1.82) is 0 Å². The number of carbonyl (C=O) groups is 1. The summed E-state index contributed by atoms with van der Waals surface area (Å²) in [5.41, 5.74) is 0. The van der Waals surface area contributed by atoms with Crippen LogP contribution in [-0.4, -0.2) is 16.8 Å². The van der Waals surface area contributed by atoms with Crippen LogP contribution < -0.4 is 5.14 Å². The van der Waals surface area contributed by atoms with E-state index in [1.807, 2.05) is 0 Å². The van der Waals surface area contributed by atoms with E-state index in [1.165, 1.54) is 10.8 Å². The van der Waals surface area contributed by atoms with Crippen LogP contribution in [0.4, 0.5) is 0 Å². The van der Waals surface area contributed by atoms with Gasteiger partial charge in [-0.1, -0.05) is 10.8 Å². The molecule has 0 rings (SSSR count). The van der Waals surface area contributed by atoms with E-state index in [1.54, 1.807) is 0 Å². The van der Waals surface area contributed by atoms with Crippen LogP contribution in [0.5, 0.6) is 0 Å². The third kappa shape index (κ3) is 6.13. The summed E-state index contributed by atoms with van der Waals surface area (Å²) in [5, 5.41) is 13.1. The van der Waals surface area contributed by atoms with Crippen LogP contribution in [0.25, 0.3) is 0 Å². The van der Waals surface area contributed by atoms with Gasteiger partial charge in [0.15, 0.2) is 0 Å². The quantitative estimate of drug-likeness (QED) is 0.354. The first kappa shape index (κ1) is 8.13. The van der Waals surface area contributed by atoms with Crippen LogP contribution in [0.15, 0.2) is 0 Å². The molecule has 0 fully saturated rings. The Morgan fingerprint density at radius 3 is 2.75 bits per heavy atom. The van der Waals surface area contributed by atoms with Gasteiger partial charge in [-0.3, -0.25) is 9.93 Å². The first-order chi connectivity index (χ1) is 3.77. The van der Waals surface area contributed by atoms with Crippen LogP contribution in [0.1, 0.15) is 6.42 Å². The largest absolute Gasteiger partial charge is 0.481 e. The van der Waals surface area contributed by atoms with Crippen molar-refractivity contribution < 1.29 is 9.90 Å². The van der Waals surface area contributed by atoms with Crippen molar-refractivity contribution in [2.75, 3.05) is 5.75 Å². The lowest BCUT2D eigenvalue weighted by Crippen LogP contribution is -1.94. The molecule has 0 aromatic heterocycles. The number of aliphatic carboxylic acids is 1. The molecule has 0 amide bonds. The summed E-state index contributed by atoms with van der Waals surface area (Å²) in [6.45, 7) is 0. The molecule has 0 unspecified atom stereocenters. The second-order valence-corrected chi connectivity index (χ2v) is 3.18. The summed E-state index contributed by atoms with van der Waals surface area (Å²) in [4.78, 5) is 9.81. The second kappa shape index (κ2) is 5.27. The molecule has 5 heteroatoms. The maximum absolute atomic E-state index is 9.81. The maximum Gasteiger partial charge on any atom is 0.304 e. The average Bonchev–Trinajstić information content (AvgIpc) is 1.66. The van der Waals surface area contributed by atoms with Gasteiger partial charge in [0.25, 0.3) is 0 Å². The summed E-state index contributed by atoms with van der Waals surface area (Å²) in [6, 6.07) is 0. The van der Waals surface area contributed by atoms with Gasteiger partial charge in [-0.05, 0) is 11.0 Å². The summed E-state index contributed by atoms with van der Waals surface area (Å²) in [7, 11) is 2.45. The molecule has 0 aliphatic carbocycles. The lowest BCUT2D eigenvalue weighted by atomic mass is 10.5. The third-order valence-corrected chi connectivity index (χ3v) is 1.88. The number of hydrogen-bond donors (Lipinski definition) is 2. The fourth-order valence-corrected chi connectivity index (χ4v) is 1.07. The van der Waals surface area contributed by atoms with E-state index >= 15 is 0 Å². The molecule has 3 N–H and O–H groups in total. The molecule has 0 heterocycles. The number of carboxylic acids is 1. The molecule has 0 bridgehead atoms. The van der Waals surface area contributed by atoms with Crippen molar-refractivity contribution in [2.45, 2.75) is 6.42 Å². The zero-order chi connectivity index (χ0) is 6.41. The molecule has 3 nitrogen and oxygen atoms in total. The average molecular weight is 153 g/mol. The highest BCUT2D eigenvalue weighted by Crippen LogP contribution is 2.13. The van der Waals surface area contributed by atoms with Gasteiger partial charge in [0.2, 0.25) is 0 Å². The minimum Gasteiger partial charge on any atom is -0.481 e. The van der Waals surface area contributed by atoms with Crippen molar-refractivity contribution in [3.05, 3.63) is 0 Å². The molecule has 0 aliphatic heterocycles. The lowest BCUT2D eigenvalue weighted by Gasteiger charge is -1.89. The molecule has 0 saturated heterocycles. The van der Waals surface area contributed by atoms with Crippen molar-refractivity contribution in [3.63, 3.8) is 0 Å². The first-order valence-corrected chi connectivity index (χ1v) is 4.35. The topological polar surface area (TPSA) is 63.3 Å². The highest BCUT2D eigenvalue weighted by Gasteiger charge is 1.93. The van der Waals surface area contributed by atoms with Gasteiger partial charge in [0, 0.05) is 5.75 Å². The minimum atomic E-state index is -0.772. The molecule has 0 aromatic carbocycles. The van der Waals surface area contributed by atoms with Crippen molar-refractivity contribution in [2.24, 2.45) is 5.14 Å². The summed E-state index contributed by atoms with van der Waals surface area (Å²) in [5.74, 6) is -0.192. The highest BCUT2D eigenvalue weighted by atomic mass is 33.1. The molecule has 0 aromatic rings. The van der Waals surface area contributed by atoms with Gasteiger partial charge < -0.3 is 5.11 Å². The van der Waals surface area contributed by atoms with Gasteiger partial charge in [0.1, 0.15) is 0 Å². The molecule has 0 atom stereocenters. The Bertz CT molecular complexity index is 77.7. The Morgan fingerprint density at radius 2 is 2.38 bits per heavy atom. The summed E-state index contributed by atoms with van der Waals surface area (Å²) >= 11 is 0. The van der Waals surface area contributed by atoms with Crippen molar-refractivity contribution in [1.82, 2.24) is 0 Å². The Kier molecular flexibility index (Phi) is 5.36. The maximum atomic E-state index is 9.81. The van der Waals surface area contributed by atoms with Crippen LogP contribution in [0.2, 0.25) is 0 Å².